The van der Waals surface area contributed by atoms with Crippen LogP contribution in [0.2, 0.25) is 0 Å². The van der Waals surface area contributed by atoms with Crippen LogP contribution >= 0.6 is 11.8 Å². The average Bonchev–Trinajstić information content (AvgIpc) is 2.66. The summed E-state index contributed by atoms with van der Waals surface area (Å²) in [6.45, 7) is 7.23. The first-order chi connectivity index (χ1) is 13.0. The molecule has 27 heavy (non-hydrogen) atoms. The second-order valence-electron chi connectivity index (χ2n) is 6.06. The Morgan fingerprint density at radius 3 is 2.19 bits per heavy atom. The molecule has 136 valence electrons. The molecule has 0 bridgehead atoms. The van der Waals surface area contributed by atoms with Crippen LogP contribution in [0.25, 0.3) is 0 Å². The maximum Gasteiger partial charge on any atom is 0.338 e. The first kappa shape index (κ1) is 18.8. The van der Waals surface area contributed by atoms with Crippen molar-refractivity contribution in [3.05, 3.63) is 90.5 Å². The summed E-state index contributed by atoms with van der Waals surface area (Å²) in [5, 5.41) is 0. The van der Waals surface area contributed by atoms with Crippen LogP contribution in [-0.2, 0) is 4.79 Å². The summed E-state index contributed by atoms with van der Waals surface area (Å²) in [5.74, 6) is 1.71. The maximum atomic E-state index is 11.6. The molecule has 4 heteroatoms. The van der Waals surface area contributed by atoms with E-state index in [-0.39, 0.29) is 0 Å². The highest BCUT2D eigenvalue weighted by Gasteiger charge is 2.09. The van der Waals surface area contributed by atoms with Crippen molar-refractivity contribution >= 4 is 17.7 Å². The second-order valence-corrected chi connectivity index (χ2v) is 7.17. The lowest BCUT2D eigenvalue weighted by Crippen LogP contribution is -2.07. The van der Waals surface area contributed by atoms with Gasteiger partial charge < -0.3 is 9.47 Å². The number of hydrogen-bond donors (Lipinski definition) is 0. The number of benzene rings is 3. The largest absolute Gasteiger partial charge is 0.456 e. The fourth-order valence-corrected chi connectivity index (χ4v) is 3.19. The minimum atomic E-state index is -0.424. The molecule has 3 rings (SSSR count). The predicted octanol–water partition coefficient (Wildman–Crippen LogP) is 6.42. The van der Waals surface area contributed by atoms with E-state index in [1.165, 1.54) is 0 Å². The fraction of sp³-hybridized carbons (Fsp3) is 0.0870. The van der Waals surface area contributed by atoms with Crippen molar-refractivity contribution in [2.75, 3.05) is 0 Å². The number of carbonyl (C=O) groups excluding carboxylic acids is 1. The molecule has 0 radical (unpaired) electrons. The molecule has 0 fully saturated rings. The van der Waals surface area contributed by atoms with Gasteiger partial charge in [0.1, 0.15) is 17.2 Å². The van der Waals surface area contributed by atoms with Crippen molar-refractivity contribution in [2.24, 2.45) is 0 Å². The number of rotatable bonds is 6. The standard InChI is InChI=1S/C23H20O3S/c1-16(2)23(24)25-18-12-14-19(15-13-18)27-22-11-7-6-10-21(22)26-20-9-5-4-8-17(20)3/h4-15H,1H2,2-3H3. The van der Waals surface area contributed by atoms with E-state index < -0.39 is 5.97 Å². The Hall–Kier alpha value is -2.98. The van der Waals surface area contributed by atoms with Gasteiger partial charge in [-0.1, -0.05) is 48.7 Å². The van der Waals surface area contributed by atoms with Crippen LogP contribution in [0.4, 0.5) is 0 Å². The zero-order valence-electron chi connectivity index (χ0n) is 15.3. The lowest BCUT2D eigenvalue weighted by atomic mass is 10.2. The van der Waals surface area contributed by atoms with E-state index in [0.29, 0.717) is 11.3 Å². The average molecular weight is 376 g/mol. The molecule has 3 aromatic carbocycles. The summed E-state index contributed by atoms with van der Waals surface area (Å²) in [5.41, 5.74) is 1.46. The molecule has 0 atom stereocenters. The Kier molecular flexibility index (Phi) is 5.99. The monoisotopic (exact) mass is 376 g/mol. The van der Waals surface area contributed by atoms with Crippen molar-refractivity contribution in [1.29, 1.82) is 0 Å². The zero-order chi connectivity index (χ0) is 19.2. The Morgan fingerprint density at radius 2 is 1.52 bits per heavy atom. The summed E-state index contributed by atoms with van der Waals surface area (Å²) in [6, 6.07) is 23.2. The van der Waals surface area contributed by atoms with E-state index >= 15 is 0 Å². The summed E-state index contributed by atoms with van der Waals surface area (Å²) >= 11 is 1.59. The highest BCUT2D eigenvalue weighted by molar-refractivity contribution is 7.99. The van der Waals surface area contributed by atoms with Crippen LogP contribution < -0.4 is 9.47 Å². The predicted molar refractivity (Wildman–Crippen MR) is 109 cm³/mol. The van der Waals surface area contributed by atoms with Gasteiger partial charge in [-0.05, 0) is 61.9 Å². The lowest BCUT2D eigenvalue weighted by molar-refractivity contribution is -0.130. The number of hydrogen-bond acceptors (Lipinski definition) is 4. The van der Waals surface area contributed by atoms with Gasteiger partial charge >= 0.3 is 5.97 Å². The molecule has 0 N–H and O–H groups in total. The minimum absolute atomic E-state index is 0.371. The van der Waals surface area contributed by atoms with Crippen LogP contribution in [0.15, 0.2) is 94.7 Å². The van der Waals surface area contributed by atoms with E-state index in [2.05, 4.69) is 6.58 Å². The topological polar surface area (TPSA) is 35.5 Å². The van der Waals surface area contributed by atoms with Gasteiger partial charge in [0.25, 0.3) is 0 Å². The molecule has 3 nitrogen and oxygen atoms in total. The highest BCUT2D eigenvalue weighted by Crippen LogP contribution is 2.38. The van der Waals surface area contributed by atoms with Crippen LogP contribution in [0.3, 0.4) is 0 Å². The molecule has 0 saturated carbocycles. The highest BCUT2D eigenvalue weighted by atomic mass is 32.2. The Morgan fingerprint density at radius 1 is 0.889 bits per heavy atom. The quantitative estimate of drug-likeness (QED) is 0.282. The molecule has 0 amide bonds. The van der Waals surface area contributed by atoms with Gasteiger partial charge in [0.05, 0.1) is 4.90 Å². The van der Waals surface area contributed by atoms with Crippen LogP contribution in [0.1, 0.15) is 12.5 Å². The molecule has 0 aromatic heterocycles. The van der Waals surface area contributed by atoms with Crippen molar-refractivity contribution < 1.29 is 14.3 Å². The molecule has 0 aliphatic rings. The van der Waals surface area contributed by atoms with Gasteiger partial charge in [0.15, 0.2) is 0 Å². The Labute approximate surface area is 163 Å². The summed E-state index contributed by atoms with van der Waals surface area (Å²) in [6.07, 6.45) is 0. The molecule has 0 aliphatic carbocycles. The second kappa shape index (κ2) is 8.60. The summed E-state index contributed by atoms with van der Waals surface area (Å²) in [7, 11) is 0. The third-order valence-corrected chi connectivity index (χ3v) is 4.84. The summed E-state index contributed by atoms with van der Waals surface area (Å²) < 4.78 is 11.3. The van der Waals surface area contributed by atoms with Crippen LogP contribution in [-0.4, -0.2) is 5.97 Å². The SMILES string of the molecule is C=C(C)C(=O)Oc1ccc(Sc2ccccc2Oc2ccccc2C)cc1. The Bertz CT molecular complexity index is 961. The first-order valence-electron chi connectivity index (χ1n) is 8.51. The Balaban J connectivity index is 1.75. The molecule has 0 aliphatic heterocycles. The minimum Gasteiger partial charge on any atom is -0.456 e. The molecule has 3 aromatic rings. The van der Waals surface area contributed by atoms with E-state index in [9.17, 15) is 4.79 Å². The molecule has 0 heterocycles. The molecular formula is C23H20O3S. The first-order valence-corrected chi connectivity index (χ1v) is 9.32. The lowest BCUT2D eigenvalue weighted by Gasteiger charge is -2.12. The third-order valence-electron chi connectivity index (χ3n) is 3.77. The normalized spacial score (nSPS) is 10.3. The number of esters is 1. The number of para-hydroxylation sites is 2. The summed E-state index contributed by atoms with van der Waals surface area (Å²) in [4.78, 5) is 13.6. The van der Waals surface area contributed by atoms with Crippen molar-refractivity contribution in [2.45, 2.75) is 23.6 Å². The van der Waals surface area contributed by atoms with Gasteiger partial charge in [0, 0.05) is 10.5 Å². The number of carbonyl (C=O) groups is 1. The third kappa shape index (κ3) is 5.02. The fourth-order valence-electron chi connectivity index (χ4n) is 2.31. The number of ether oxygens (including phenoxy) is 2. The molecule has 0 spiro atoms. The van der Waals surface area contributed by atoms with E-state index in [4.69, 9.17) is 9.47 Å². The van der Waals surface area contributed by atoms with Gasteiger partial charge in [-0.15, -0.1) is 0 Å². The molecular weight excluding hydrogens is 356 g/mol. The van der Waals surface area contributed by atoms with E-state index in [1.54, 1.807) is 30.8 Å². The van der Waals surface area contributed by atoms with Gasteiger partial charge in [-0.25, -0.2) is 4.79 Å². The maximum absolute atomic E-state index is 11.6. The van der Waals surface area contributed by atoms with Crippen molar-refractivity contribution in [3.63, 3.8) is 0 Å². The number of aryl methyl sites for hydroxylation is 1. The zero-order valence-corrected chi connectivity index (χ0v) is 16.1. The van der Waals surface area contributed by atoms with Gasteiger partial charge in [-0.3, -0.25) is 0 Å². The molecule has 0 unspecified atom stereocenters. The van der Waals surface area contributed by atoms with Crippen LogP contribution in [0, 0.1) is 6.92 Å². The van der Waals surface area contributed by atoms with E-state index in [1.807, 2.05) is 67.6 Å². The smallest absolute Gasteiger partial charge is 0.338 e. The van der Waals surface area contributed by atoms with E-state index in [0.717, 1.165) is 26.9 Å². The van der Waals surface area contributed by atoms with Crippen LogP contribution in [0.5, 0.6) is 17.2 Å². The van der Waals surface area contributed by atoms with Crippen molar-refractivity contribution in [1.82, 2.24) is 0 Å². The molecule has 0 saturated heterocycles. The van der Waals surface area contributed by atoms with Gasteiger partial charge in [-0.2, -0.15) is 0 Å². The van der Waals surface area contributed by atoms with Gasteiger partial charge in [0.2, 0.25) is 0 Å². The van der Waals surface area contributed by atoms with Crippen molar-refractivity contribution in [3.8, 4) is 17.2 Å².